The smallest absolute Gasteiger partial charge is 0.410 e. The Morgan fingerprint density at radius 1 is 0.787 bits per heavy atom. The summed E-state index contributed by atoms with van der Waals surface area (Å²) in [5.41, 5.74) is 4.32. The summed E-state index contributed by atoms with van der Waals surface area (Å²) in [5, 5.41) is 1.30. The topological polar surface area (TPSA) is 75.2 Å². The fourth-order valence-corrected chi connectivity index (χ4v) is 8.16. The molecule has 2 amide bonds. The van der Waals surface area contributed by atoms with Crippen LogP contribution in [0.25, 0.3) is 0 Å². The van der Waals surface area contributed by atoms with Crippen LogP contribution in [0.1, 0.15) is 73.4 Å². The Hall–Kier alpha value is -3.33. The van der Waals surface area contributed by atoms with Crippen LogP contribution in [-0.4, -0.2) is 82.7 Å². The van der Waals surface area contributed by atoms with Crippen LogP contribution in [0.4, 0.5) is 4.79 Å². The lowest BCUT2D eigenvalue weighted by Gasteiger charge is -2.45. The Balaban J connectivity index is 1.18. The van der Waals surface area contributed by atoms with Crippen molar-refractivity contribution >= 4 is 35.2 Å². The standard InChI is InChI=1S/C37H42Cl2N4O4/c38-27-15-16-32-25(20-27)13-14-26-21-28(39)22-40-34(26)35(32)41-18-19-43(37(45)47-30-10-5-2-6-11-30)33(24-41)36(44)42-17-7-12-31(23-42)46-29-8-3-1-4-9-29/h1,3-4,8-9,15-16,20-22,30-31,33,35H,2,5-7,10-14,17-19,23-24H2/t31?,33-,35?/m1/s1. The summed E-state index contributed by atoms with van der Waals surface area (Å²) in [4.78, 5) is 39.2. The van der Waals surface area contributed by atoms with Gasteiger partial charge in [0.05, 0.1) is 23.3 Å². The molecule has 7 rings (SSSR count). The quantitative estimate of drug-likeness (QED) is 0.287. The molecule has 3 fully saturated rings. The molecule has 248 valence electrons. The number of halogens is 2. The first-order valence-electron chi connectivity index (χ1n) is 17.1. The highest BCUT2D eigenvalue weighted by Gasteiger charge is 2.43. The number of aryl methyl sites for hydroxylation is 2. The van der Waals surface area contributed by atoms with E-state index in [1.807, 2.05) is 53.4 Å². The van der Waals surface area contributed by atoms with E-state index in [0.717, 1.165) is 79.5 Å². The number of aromatic nitrogens is 1. The molecule has 2 aliphatic carbocycles. The highest BCUT2D eigenvalue weighted by Crippen LogP contribution is 2.39. The summed E-state index contributed by atoms with van der Waals surface area (Å²) in [6.07, 6.45) is 9.46. The van der Waals surface area contributed by atoms with E-state index in [0.29, 0.717) is 42.8 Å². The molecule has 2 saturated heterocycles. The van der Waals surface area contributed by atoms with Gasteiger partial charge in [-0.25, -0.2) is 4.79 Å². The maximum atomic E-state index is 14.6. The molecule has 10 heteroatoms. The Labute approximate surface area is 286 Å². The van der Waals surface area contributed by atoms with Gasteiger partial charge in [-0.2, -0.15) is 0 Å². The monoisotopic (exact) mass is 676 g/mol. The Bertz CT molecular complexity index is 1530. The van der Waals surface area contributed by atoms with Crippen molar-refractivity contribution in [2.75, 3.05) is 32.7 Å². The number of amides is 2. The zero-order chi connectivity index (χ0) is 32.3. The lowest BCUT2D eigenvalue weighted by atomic mass is 9.95. The van der Waals surface area contributed by atoms with Crippen molar-refractivity contribution < 1.29 is 19.1 Å². The first kappa shape index (κ1) is 32.2. The second-order valence-electron chi connectivity index (χ2n) is 13.3. The molecule has 4 aliphatic rings. The number of nitrogens with zero attached hydrogens (tertiary/aromatic N) is 4. The lowest BCUT2D eigenvalue weighted by molar-refractivity contribution is -0.142. The van der Waals surface area contributed by atoms with E-state index >= 15 is 0 Å². The Morgan fingerprint density at radius 3 is 2.38 bits per heavy atom. The van der Waals surface area contributed by atoms with Crippen LogP contribution >= 0.6 is 23.2 Å². The van der Waals surface area contributed by atoms with Crippen LogP contribution in [-0.2, 0) is 22.4 Å². The third-order valence-electron chi connectivity index (χ3n) is 10.1. The van der Waals surface area contributed by atoms with E-state index in [4.69, 9.17) is 37.7 Å². The summed E-state index contributed by atoms with van der Waals surface area (Å²) in [6, 6.07) is 16.9. The van der Waals surface area contributed by atoms with Gasteiger partial charge in [0.25, 0.3) is 0 Å². The number of hydrogen-bond acceptors (Lipinski definition) is 6. The predicted octanol–water partition coefficient (Wildman–Crippen LogP) is 7.10. The maximum absolute atomic E-state index is 14.6. The number of pyridine rings is 1. The molecule has 2 aromatic carbocycles. The molecule has 0 N–H and O–H groups in total. The van der Waals surface area contributed by atoms with Crippen molar-refractivity contribution in [3.05, 3.63) is 93.2 Å². The van der Waals surface area contributed by atoms with E-state index in [1.165, 1.54) is 6.42 Å². The first-order chi connectivity index (χ1) is 22.9. The number of benzene rings is 2. The van der Waals surface area contributed by atoms with Gasteiger partial charge in [-0.05, 0) is 98.4 Å². The largest absolute Gasteiger partial charge is 0.489 e. The van der Waals surface area contributed by atoms with Crippen LogP contribution in [0.2, 0.25) is 10.0 Å². The van der Waals surface area contributed by atoms with Crippen molar-refractivity contribution in [3.8, 4) is 5.75 Å². The van der Waals surface area contributed by atoms with Crippen molar-refractivity contribution in [2.24, 2.45) is 0 Å². The van der Waals surface area contributed by atoms with Gasteiger partial charge in [-0.15, -0.1) is 0 Å². The minimum absolute atomic E-state index is 0.0640. The predicted molar refractivity (Wildman–Crippen MR) is 182 cm³/mol. The summed E-state index contributed by atoms with van der Waals surface area (Å²) >= 11 is 12.9. The van der Waals surface area contributed by atoms with Gasteiger partial charge in [-0.3, -0.25) is 19.6 Å². The van der Waals surface area contributed by atoms with Gasteiger partial charge in [0.2, 0.25) is 5.91 Å². The molecule has 2 aliphatic heterocycles. The minimum atomic E-state index is -0.704. The van der Waals surface area contributed by atoms with E-state index in [9.17, 15) is 9.59 Å². The zero-order valence-corrected chi connectivity index (χ0v) is 28.2. The van der Waals surface area contributed by atoms with Crippen molar-refractivity contribution in [3.63, 3.8) is 0 Å². The van der Waals surface area contributed by atoms with Gasteiger partial charge >= 0.3 is 6.09 Å². The highest BCUT2D eigenvalue weighted by atomic mass is 35.5. The summed E-state index contributed by atoms with van der Waals surface area (Å²) in [5.74, 6) is 0.734. The molecule has 1 saturated carbocycles. The van der Waals surface area contributed by atoms with E-state index in [-0.39, 0.29) is 30.3 Å². The number of fused-ring (bicyclic) bond motifs is 2. The lowest BCUT2D eigenvalue weighted by Crippen LogP contribution is -2.63. The van der Waals surface area contributed by atoms with Crippen LogP contribution in [0, 0.1) is 0 Å². The van der Waals surface area contributed by atoms with Gasteiger partial charge in [0.1, 0.15) is 24.0 Å². The fraction of sp³-hybridized carbons (Fsp3) is 0.486. The molecule has 3 heterocycles. The second kappa shape index (κ2) is 14.4. The summed E-state index contributed by atoms with van der Waals surface area (Å²) in [6.45, 7) is 2.41. The average Bonchev–Trinajstić information content (AvgIpc) is 3.25. The molecule has 1 aromatic heterocycles. The molecule has 3 atom stereocenters. The molecule has 0 bridgehead atoms. The molecule has 0 spiro atoms. The third-order valence-corrected chi connectivity index (χ3v) is 10.6. The number of carbonyl (C=O) groups excluding carboxylic acids is 2. The number of hydrogen-bond donors (Lipinski definition) is 0. The second-order valence-corrected chi connectivity index (χ2v) is 14.1. The Kier molecular flexibility index (Phi) is 9.89. The van der Waals surface area contributed by atoms with Gasteiger partial charge in [0.15, 0.2) is 0 Å². The number of rotatable bonds is 5. The van der Waals surface area contributed by atoms with Crippen molar-refractivity contribution in [1.82, 2.24) is 19.7 Å². The fourth-order valence-electron chi connectivity index (χ4n) is 7.78. The van der Waals surface area contributed by atoms with Crippen molar-refractivity contribution in [2.45, 2.75) is 82.1 Å². The zero-order valence-electron chi connectivity index (χ0n) is 26.7. The first-order valence-corrected chi connectivity index (χ1v) is 17.8. The van der Waals surface area contributed by atoms with E-state index in [1.54, 1.807) is 11.1 Å². The average molecular weight is 678 g/mol. The van der Waals surface area contributed by atoms with Gasteiger partial charge in [0, 0.05) is 37.4 Å². The molecular formula is C37H42Cl2N4O4. The van der Waals surface area contributed by atoms with Gasteiger partial charge in [-0.1, -0.05) is 53.9 Å². The molecule has 47 heavy (non-hydrogen) atoms. The number of para-hydroxylation sites is 1. The van der Waals surface area contributed by atoms with Crippen LogP contribution in [0.15, 0.2) is 60.8 Å². The number of ether oxygens (including phenoxy) is 2. The molecule has 0 radical (unpaired) electrons. The Morgan fingerprint density at radius 2 is 1.55 bits per heavy atom. The molecule has 3 aromatic rings. The normalized spacial score (nSPS) is 23.7. The summed E-state index contributed by atoms with van der Waals surface area (Å²) in [7, 11) is 0. The third kappa shape index (κ3) is 7.25. The maximum Gasteiger partial charge on any atom is 0.410 e. The van der Waals surface area contributed by atoms with Crippen molar-refractivity contribution in [1.29, 1.82) is 0 Å². The van der Waals surface area contributed by atoms with E-state index < -0.39 is 6.04 Å². The molecule has 8 nitrogen and oxygen atoms in total. The molecule has 2 unspecified atom stereocenters. The SMILES string of the molecule is O=C([C@H]1CN(C2c3ccc(Cl)cc3CCc3cc(Cl)cnc32)CCN1C(=O)OC1CCCCC1)N1CCCC(Oc2ccccc2)C1. The highest BCUT2D eigenvalue weighted by molar-refractivity contribution is 6.30. The van der Waals surface area contributed by atoms with Gasteiger partial charge < -0.3 is 14.4 Å². The molecular weight excluding hydrogens is 635 g/mol. The summed E-state index contributed by atoms with van der Waals surface area (Å²) < 4.78 is 12.4. The number of carbonyl (C=O) groups is 2. The van der Waals surface area contributed by atoms with Crippen LogP contribution in [0.3, 0.4) is 0 Å². The van der Waals surface area contributed by atoms with E-state index in [2.05, 4.69) is 11.0 Å². The minimum Gasteiger partial charge on any atom is -0.489 e. The number of piperidine rings is 1. The number of likely N-dealkylation sites (tertiary alicyclic amines) is 1. The van der Waals surface area contributed by atoms with Crippen LogP contribution < -0.4 is 4.74 Å². The number of piperazine rings is 1. The van der Waals surface area contributed by atoms with Crippen LogP contribution in [0.5, 0.6) is 5.75 Å².